The Kier molecular flexibility index (Phi) is 3.16. The van der Waals surface area contributed by atoms with Gasteiger partial charge in [0.25, 0.3) is 5.91 Å². The molecule has 0 unspecified atom stereocenters. The summed E-state index contributed by atoms with van der Waals surface area (Å²) < 4.78 is 4.84. The SMILES string of the molecule is COCCNC(=O)c1nc2ccccc2[nH]1. The Labute approximate surface area is 92.8 Å². The number of nitrogens with one attached hydrogen (secondary N) is 2. The highest BCUT2D eigenvalue weighted by molar-refractivity contribution is 5.94. The third kappa shape index (κ3) is 2.20. The van der Waals surface area contributed by atoms with Crippen LogP contribution in [0.5, 0.6) is 0 Å². The maximum absolute atomic E-state index is 11.6. The van der Waals surface area contributed by atoms with Crippen LogP contribution in [0, 0.1) is 0 Å². The van der Waals surface area contributed by atoms with Crippen molar-refractivity contribution in [1.29, 1.82) is 0 Å². The molecule has 1 heterocycles. The molecular weight excluding hydrogens is 206 g/mol. The van der Waals surface area contributed by atoms with Crippen molar-refractivity contribution in [1.82, 2.24) is 15.3 Å². The molecule has 0 spiro atoms. The Morgan fingerprint density at radius 2 is 2.31 bits per heavy atom. The second kappa shape index (κ2) is 4.76. The van der Waals surface area contributed by atoms with Gasteiger partial charge in [-0.2, -0.15) is 0 Å². The van der Waals surface area contributed by atoms with Crippen molar-refractivity contribution in [2.75, 3.05) is 20.3 Å². The molecule has 1 aromatic carbocycles. The summed E-state index contributed by atoms with van der Waals surface area (Å²) in [5.41, 5.74) is 1.65. The Morgan fingerprint density at radius 1 is 1.50 bits per heavy atom. The van der Waals surface area contributed by atoms with E-state index in [1.54, 1.807) is 7.11 Å². The van der Waals surface area contributed by atoms with Crippen molar-refractivity contribution in [2.24, 2.45) is 0 Å². The number of H-pyrrole nitrogens is 1. The van der Waals surface area contributed by atoms with E-state index in [1.807, 2.05) is 24.3 Å². The maximum Gasteiger partial charge on any atom is 0.287 e. The molecule has 0 aliphatic carbocycles. The van der Waals surface area contributed by atoms with Crippen LogP contribution in [0.1, 0.15) is 10.6 Å². The molecule has 2 aromatic rings. The minimum Gasteiger partial charge on any atom is -0.383 e. The predicted octanol–water partition coefficient (Wildman–Crippen LogP) is 0.939. The third-order valence-corrected chi connectivity index (χ3v) is 2.20. The van der Waals surface area contributed by atoms with Crippen LogP contribution in [0.25, 0.3) is 11.0 Å². The first-order valence-electron chi connectivity index (χ1n) is 5.03. The van der Waals surface area contributed by atoms with Gasteiger partial charge in [0.15, 0.2) is 5.82 Å². The minimum atomic E-state index is -0.215. The average Bonchev–Trinajstić information content (AvgIpc) is 2.73. The Bertz CT molecular complexity index is 460. The second-order valence-electron chi connectivity index (χ2n) is 3.35. The van der Waals surface area contributed by atoms with Gasteiger partial charge in [-0.1, -0.05) is 12.1 Å². The summed E-state index contributed by atoms with van der Waals surface area (Å²) in [7, 11) is 1.59. The zero-order valence-electron chi connectivity index (χ0n) is 8.99. The molecule has 1 aromatic heterocycles. The maximum atomic E-state index is 11.6. The molecule has 0 fully saturated rings. The molecule has 0 bridgehead atoms. The second-order valence-corrected chi connectivity index (χ2v) is 3.35. The molecule has 0 aliphatic heterocycles. The molecule has 2 N–H and O–H groups in total. The van der Waals surface area contributed by atoms with Crippen molar-refractivity contribution in [2.45, 2.75) is 0 Å². The number of para-hydroxylation sites is 2. The lowest BCUT2D eigenvalue weighted by molar-refractivity contribution is 0.0928. The lowest BCUT2D eigenvalue weighted by atomic mass is 10.3. The van der Waals surface area contributed by atoms with Crippen LogP contribution in [-0.4, -0.2) is 36.1 Å². The molecule has 0 saturated carbocycles. The van der Waals surface area contributed by atoms with Crippen molar-refractivity contribution in [3.8, 4) is 0 Å². The highest BCUT2D eigenvalue weighted by atomic mass is 16.5. The lowest BCUT2D eigenvalue weighted by Crippen LogP contribution is -2.27. The largest absolute Gasteiger partial charge is 0.383 e. The number of ether oxygens (including phenoxy) is 1. The van der Waals surface area contributed by atoms with Crippen LogP contribution in [0.15, 0.2) is 24.3 Å². The zero-order chi connectivity index (χ0) is 11.4. The van der Waals surface area contributed by atoms with Gasteiger partial charge in [0.2, 0.25) is 0 Å². The number of fused-ring (bicyclic) bond motifs is 1. The van der Waals surface area contributed by atoms with Crippen molar-refractivity contribution in [3.05, 3.63) is 30.1 Å². The average molecular weight is 219 g/mol. The normalized spacial score (nSPS) is 10.6. The molecular formula is C11H13N3O2. The van der Waals surface area contributed by atoms with Gasteiger partial charge in [-0.05, 0) is 12.1 Å². The van der Waals surface area contributed by atoms with Crippen LogP contribution in [0.2, 0.25) is 0 Å². The van der Waals surface area contributed by atoms with Gasteiger partial charge >= 0.3 is 0 Å². The topological polar surface area (TPSA) is 67.0 Å². The number of hydrogen-bond acceptors (Lipinski definition) is 3. The van der Waals surface area contributed by atoms with Crippen LogP contribution >= 0.6 is 0 Å². The number of aromatic amines is 1. The van der Waals surface area contributed by atoms with E-state index in [1.165, 1.54) is 0 Å². The van der Waals surface area contributed by atoms with E-state index in [9.17, 15) is 4.79 Å². The standard InChI is InChI=1S/C11H13N3O2/c1-16-7-6-12-11(15)10-13-8-4-2-3-5-9(8)14-10/h2-5H,6-7H2,1H3,(H,12,15)(H,13,14). The number of amides is 1. The predicted molar refractivity (Wildman–Crippen MR) is 60.3 cm³/mol. The molecule has 5 nitrogen and oxygen atoms in total. The molecule has 2 rings (SSSR count). The van der Waals surface area contributed by atoms with Crippen LogP contribution in [0.3, 0.4) is 0 Å². The Hall–Kier alpha value is -1.88. The van der Waals surface area contributed by atoms with Gasteiger partial charge in [0, 0.05) is 13.7 Å². The summed E-state index contributed by atoms with van der Waals surface area (Å²) in [5.74, 6) is 0.116. The first kappa shape index (κ1) is 10.6. The zero-order valence-corrected chi connectivity index (χ0v) is 8.99. The van der Waals surface area contributed by atoms with E-state index in [4.69, 9.17) is 4.74 Å². The molecule has 0 aliphatic rings. The third-order valence-electron chi connectivity index (χ3n) is 2.20. The summed E-state index contributed by atoms with van der Waals surface area (Å²) in [6, 6.07) is 7.52. The van der Waals surface area contributed by atoms with Gasteiger partial charge in [-0.15, -0.1) is 0 Å². The van der Waals surface area contributed by atoms with Crippen molar-refractivity contribution in [3.63, 3.8) is 0 Å². The first-order chi connectivity index (χ1) is 7.81. The monoisotopic (exact) mass is 219 g/mol. The van der Waals surface area contributed by atoms with E-state index >= 15 is 0 Å². The number of carbonyl (C=O) groups excluding carboxylic acids is 1. The number of benzene rings is 1. The van der Waals surface area contributed by atoms with Crippen LogP contribution in [0.4, 0.5) is 0 Å². The molecule has 16 heavy (non-hydrogen) atoms. The van der Waals surface area contributed by atoms with Gasteiger partial charge in [-0.25, -0.2) is 4.98 Å². The fraction of sp³-hybridized carbons (Fsp3) is 0.273. The number of hydrogen-bond donors (Lipinski definition) is 2. The van der Waals surface area contributed by atoms with Gasteiger partial charge < -0.3 is 15.0 Å². The molecule has 5 heteroatoms. The van der Waals surface area contributed by atoms with Gasteiger partial charge in [0.1, 0.15) is 0 Å². The highest BCUT2D eigenvalue weighted by Crippen LogP contribution is 2.09. The fourth-order valence-electron chi connectivity index (χ4n) is 1.41. The smallest absolute Gasteiger partial charge is 0.287 e. The summed E-state index contributed by atoms with van der Waals surface area (Å²) >= 11 is 0. The van der Waals surface area contributed by atoms with E-state index in [-0.39, 0.29) is 5.91 Å². The number of nitrogens with zero attached hydrogens (tertiary/aromatic N) is 1. The summed E-state index contributed by atoms with van der Waals surface area (Å²) in [5, 5.41) is 2.70. The van der Waals surface area contributed by atoms with E-state index < -0.39 is 0 Å². The Balaban J connectivity index is 2.11. The van der Waals surface area contributed by atoms with Crippen LogP contribution < -0.4 is 5.32 Å². The van der Waals surface area contributed by atoms with Crippen molar-refractivity contribution >= 4 is 16.9 Å². The highest BCUT2D eigenvalue weighted by Gasteiger charge is 2.09. The summed E-state index contributed by atoms with van der Waals surface area (Å²) in [6.45, 7) is 0.971. The lowest BCUT2D eigenvalue weighted by Gasteiger charge is -2.00. The first-order valence-corrected chi connectivity index (χ1v) is 5.03. The Morgan fingerprint density at radius 3 is 3.06 bits per heavy atom. The van der Waals surface area contributed by atoms with Gasteiger partial charge in [0.05, 0.1) is 17.6 Å². The molecule has 1 amide bonds. The molecule has 0 atom stereocenters. The van der Waals surface area contributed by atoms with Crippen molar-refractivity contribution < 1.29 is 9.53 Å². The number of rotatable bonds is 4. The number of aromatic nitrogens is 2. The quantitative estimate of drug-likeness (QED) is 0.752. The number of carbonyl (C=O) groups is 1. The van der Waals surface area contributed by atoms with Crippen LogP contribution in [-0.2, 0) is 4.74 Å². The molecule has 84 valence electrons. The fourth-order valence-corrected chi connectivity index (χ4v) is 1.41. The molecule has 0 saturated heterocycles. The van der Waals surface area contributed by atoms with E-state index in [0.717, 1.165) is 11.0 Å². The number of imidazole rings is 1. The number of methoxy groups -OCH3 is 1. The van der Waals surface area contributed by atoms with E-state index in [2.05, 4.69) is 15.3 Å². The van der Waals surface area contributed by atoms with Gasteiger partial charge in [-0.3, -0.25) is 4.79 Å². The van der Waals surface area contributed by atoms with E-state index in [0.29, 0.717) is 19.0 Å². The minimum absolute atomic E-state index is 0.215. The summed E-state index contributed by atoms with van der Waals surface area (Å²) in [6.07, 6.45) is 0. The molecule has 0 radical (unpaired) electrons. The summed E-state index contributed by atoms with van der Waals surface area (Å²) in [4.78, 5) is 18.8.